The van der Waals surface area contributed by atoms with Crippen LogP contribution in [0.25, 0.3) is 11.2 Å². The minimum Gasteiger partial charge on any atom is -0.497 e. The molecule has 1 saturated heterocycles. The monoisotopic (exact) mass is 588 g/mol. The number of benzene rings is 2. The van der Waals surface area contributed by atoms with Crippen LogP contribution >= 0.6 is 0 Å². The van der Waals surface area contributed by atoms with Crippen molar-refractivity contribution in [2.24, 2.45) is 0 Å². The molecule has 222 valence electrons. The molecule has 1 N–H and O–H groups in total. The molecule has 43 heavy (non-hydrogen) atoms. The fraction of sp³-hybridized carbons (Fsp3) is 0.290. The fourth-order valence-corrected chi connectivity index (χ4v) is 5.10. The van der Waals surface area contributed by atoms with Gasteiger partial charge in [0.15, 0.2) is 17.0 Å². The predicted molar refractivity (Wildman–Crippen MR) is 160 cm³/mol. The summed E-state index contributed by atoms with van der Waals surface area (Å²) in [5.41, 5.74) is 2.41. The molecule has 5 aromatic rings. The number of hydrogen-bond donors (Lipinski definition) is 1. The van der Waals surface area contributed by atoms with E-state index in [2.05, 4.69) is 25.1 Å². The molecule has 1 aliphatic rings. The van der Waals surface area contributed by atoms with E-state index < -0.39 is 11.7 Å². The molecule has 1 fully saturated rings. The number of nitrogens with one attached hydrogen (secondary N) is 1. The predicted octanol–water partition coefficient (Wildman–Crippen LogP) is 5.28. The lowest BCUT2D eigenvalue weighted by Crippen LogP contribution is -2.47. The second kappa shape index (κ2) is 12.2. The van der Waals surface area contributed by atoms with Crippen molar-refractivity contribution in [1.82, 2.24) is 24.5 Å². The van der Waals surface area contributed by atoms with Crippen molar-refractivity contribution >= 4 is 28.7 Å². The van der Waals surface area contributed by atoms with Gasteiger partial charge in [0.1, 0.15) is 11.6 Å². The molecule has 0 radical (unpaired) electrons. The zero-order valence-corrected chi connectivity index (χ0v) is 23.6. The Morgan fingerprint density at radius 3 is 2.23 bits per heavy atom. The van der Waals surface area contributed by atoms with Crippen LogP contribution in [0.5, 0.6) is 5.75 Å². The first-order chi connectivity index (χ1) is 20.9. The second-order valence-electron chi connectivity index (χ2n) is 10.3. The molecular formula is C31H31F3N8O. The van der Waals surface area contributed by atoms with Crippen LogP contribution in [-0.2, 0) is 19.1 Å². The Kier molecular flexibility index (Phi) is 7.99. The number of hydrogen-bond acceptors (Lipinski definition) is 8. The van der Waals surface area contributed by atoms with E-state index in [0.29, 0.717) is 54.7 Å². The maximum atomic E-state index is 13.1. The Morgan fingerprint density at radius 1 is 0.837 bits per heavy atom. The number of alkyl halides is 3. The van der Waals surface area contributed by atoms with Gasteiger partial charge in [0, 0.05) is 38.9 Å². The maximum Gasteiger partial charge on any atom is 0.416 e. The lowest BCUT2D eigenvalue weighted by atomic mass is 10.1. The van der Waals surface area contributed by atoms with Crippen molar-refractivity contribution < 1.29 is 17.9 Å². The third-order valence-corrected chi connectivity index (χ3v) is 7.49. The van der Waals surface area contributed by atoms with E-state index in [1.54, 1.807) is 19.6 Å². The van der Waals surface area contributed by atoms with Gasteiger partial charge in [0.05, 0.1) is 25.5 Å². The van der Waals surface area contributed by atoms with Crippen LogP contribution in [-0.4, -0.2) is 64.3 Å². The number of rotatable bonds is 9. The van der Waals surface area contributed by atoms with Gasteiger partial charge in [-0.15, -0.1) is 0 Å². The van der Waals surface area contributed by atoms with Crippen LogP contribution in [0.4, 0.5) is 30.8 Å². The summed E-state index contributed by atoms with van der Waals surface area (Å²) in [5, 5.41) is 3.45. The second-order valence-corrected chi connectivity index (χ2v) is 10.3. The van der Waals surface area contributed by atoms with Crippen molar-refractivity contribution in [2.45, 2.75) is 19.1 Å². The molecule has 0 saturated carbocycles. The molecule has 1 aliphatic heterocycles. The van der Waals surface area contributed by atoms with Gasteiger partial charge < -0.3 is 24.4 Å². The highest BCUT2D eigenvalue weighted by atomic mass is 19.4. The van der Waals surface area contributed by atoms with Gasteiger partial charge in [-0.2, -0.15) is 23.1 Å². The zero-order chi connectivity index (χ0) is 29.8. The Bertz CT molecular complexity index is 1650. The molecule has 0 unspecified atom stereocenters. The van der Waals surface area contributed by atoms with Crippen LogP contribution in [0.15, 0.2) is 79.3 Å². The Balaban J connectivity index is 1.25. The molecular weight excluding hydrogens is 557 g/mol. The van der Waals surface area contributed by atoms with Crippen LogP contribution in [0.2, 0.25) is 0 Å². The van der Waals surface area contributed by atoms with Crippen LogP contribution in [0.1, 0.15) is 16.7 Å². The van der Waals surface area contributed by atoms with Gasteiger partial charge in [0.2, 0.25) is 5.95 Å². The molecule has 4 heterocycles. The average molecular weight is 589 g/mol. The molecule has 9 nitrogen and oxygen atoms in total. The van der Waals surface area contributed by atoms with Gasteiger partial charge in [-0.3, -0.25) is 0 Å². The highest BCUT2D eigenvalue weighted by Crippen LogP contribution is 2.30. The van der Waals surface area contributed by atoms with Gasteiger partial charge in [-0.25, -0.2) is 9.97 Å². The lowest BCUT2D eigenvalue weighted by molar-refractivity contribution is -0.137. The normalized spacial score (nSPS) is 13.9. The first-order valence-electron chi connectivity index (χ1n) is 14.0. The van der Waals surface area contributed by atoms with Crippen molar-refractivity contribution in [3.8, 4) is 5.75 Å². The molecule has 2 aromatic carbocycles. The average Bonchev–Trinajstić information content (AvgIpc) is 3.44. The van der Waals surface area contributed by atoms with E-state index in [4.69, 9.17) is 14.7 Å². The van der Waals surface area contributed by atoms with Gasteiger partial charge in [-0.05, 0) is 53.9 Å². The van der Waals surface area contributed by atoms with E-state index in [0.717, 1.165) is 48.8 Å². The minimum absolute atomic E-state index is 0.323. The lowest BCUT2D eigenvalue weighted by Gasteiger charge is -2.35. The van der Waals surface area contributed by atoms with Gasteiger partial charge in [0.25, 0.3) is 0 Å². The fourth-order valence-electron chi connectivity index (χ4n) is 5.10. The summed E-state index contributed by atoms with van der Waals surface area (Å²) >= 11 is 0. The van der Waals surface area contributed by atoms with Gasteiger partial charge in [-0.1, -0.05) is 30.3 Å². The first-order valence-corrected chi connectivity index (χ1v) is 14.0. The van der Waals surface area contributed by atoms with Crippen LogP contribution < -0.4 is 19.9 Å². The number of nitrogens with zero attached hydrogens (tertiary/aromatic N) is 7. The van der Waals surface area contributed by atoms with Crippen LogP contribution in [0, 0.1) is 0 Å². The molecule has 0 aliphatic carbocycles. The van der Waals surface area contributed by atoms with Gasteiger partial charge >= 0.3 is 6.18 Å². The SMILES string of the molecule is COc1ccc(CCNc2nc(N3CCN(c4ccccn4)CC3)nc3c2ncn3Cc2ccc(C(F)(F)F)cc2)cc1. The van der Waals surface area contributed by atoms with Crippen LogP contribution in [0.3, 0.4) is 0 Å². The summed E-state index contributed by atoms with van der Waals surface area (Å²) in [6.07, 6.45) is -0.163. The summed E-state index contributed by atoms with van der Waals surface area (Å²) in [5.74, 6) is 2.94. The number of anilines is 3. The molecule has 0 bridgehead atoms. The molecule has 3 aromatic heterocycles. The number of aromatic nitrogens is 5. The third-order valence-electron chi connectivity index (χ3n) is 7.49. The quantitative estimate of drug-likeness (QED) is 0.249. The number of methoxy groups -OCH3 is 1. The summed E-state index contributed by atoms with van der Waals surface area (Å²) in [7, 11) is 1.64. The number of piperazine rings is 1. The highest BCUT2D eigenvalue weighted by molar-refractivity contribution is 5.84. The zero-order valence-electron chi connectivity index (χ0n) is 23.6. The first kappa shape index (κ1) is 28.3. The van der Waals surface area contributed by atoms with Crippen molar-refractivity contribution in [3.05, 3.63) is 95.9 Å². The van der Waals surface area contributed by atoms with E-state index in [1.165, 1.54) is 12.1 Å². The molecule has 0 atom stereocenters. The smallest absolute Gasteiger partial charge is 0.416 e. The molecule has 6 rings (SSSR count). The Hall–Kier alpha value is -4.87. The minimum atomic E-state index is -4.38. The number of fused-ring (bicyclic) bond motifs is 1. The van der Waals surface area contributed by atoms with Crippen molar-refractivity contribution in [1.29, 1.82) is 0 Å². The largest absolute Gasteiger partial charge is 0.497 e. The highest BCUT2D eigenvalue weighted by Gasteiger charge is 2.30. The van der Waals surface area contributed by atoms with E-state index in [-0.39, 0.29) is 0 Å². The summed E-state index contributed by atoms with van der Waals surface area (Å²) in [6.45, 7) is 3.90. The summed E-state index contributed by atoms with van der Waals surface area (Å²) < 4.78 is 46.3. The topological polar surface area (TPSA) is 84.2 Å². The van der Waals surface area contributed by atoms with E-state index in [9.17, 15) is 13.2 Å². The number of halogens is 3. The summed E-state index contributed by atoms with van der Waals surface area (Å²) in [4.78, 5) is 23.2. The molecule has 12 heteroatoms. The Morgan fingerprint density at radius 2 is 1.56 bits per heavy atom. The molecule has 0 amide bonds. The molecule has 0 spiro atoms. The number of pyridine rings is 1. The number of ether oxygens (including phenoxy) is 1. The van der Waals surface area contributed by atoms with Crippen molar-refractivity contribution in [3.63, 3.8) is 0 Å². The van der Waals surface area contributed by atoms with E-state index in [1.807, 2.05) is 47.0 Å². The third kappa shape index (κ3) is 6.47. The number of imidazole rings is 1. The van der Waals surface area contributed by atoms with Crippen molar-refractivity contribution in [2.75, 3.05) is 55.0 Å². The standard InChI is InChI=1S/C31H31F3N8O/c1-43-25-11-7-22(8-12-25)13-15-36-28-27-29(42(21-37-27)20-23-5-9-24(10-6-23)31(32,33)34)39-30(38-28)41-18-16-40(17-19-41)26-4-2-3-14-35-26/h2-12,14,21H,13,15-20H2,1H3,(H,36,38,39). The maximum absolute atomic E-state index is 13.1. The summed E-state index contributed by atoms with van der Waals surface area (Å²) in [6, 6.07) is 19.0. The van der Waals surface area contributed by atoms with E-state index >= 15 is 0 Å². The Labute approximate surface area is 247 Å².